The van der Waals surface area contributed by atoms with Crippen molar-refractivity contribution in [1.82, 2.24) is 10.2 Å². The molecule has 3 atom stereocenters. The molecule has 3 unspecified atom stereocenters. The molecule has 2 heterocycles. The average Bonchev–Trinajstić information content (AvgIpc) is 3.56. The Hall–Kier alpha value is -4.50. The first-order valence-electron chi connectivity index (χ1n) is 14.2. The Bertz CT molecular complexity index is 1440. The van der Waals surface area contributed by atoms with E-state index in [0.717, 1.165) is 18.4 Å². The summed E-state index contributed by atoms with van der Waals surface area (Å²) < 4.78 is 35.1. The molecule has 5 rings (SSSR count). The first kappa shape index (κ1) is 32.4. The molecule has 2 bridgehead atoms. The topological polar surface area (TPSA) is 152 Å². The molecule has 3 aromatic rings. The number of carbonyl (C=O) groups is 2. The minimum Gasteiger partial charge on any atom is -0.444 e. The lowest BCUT2D eigenvalue weighted by Gasteiger charge is -2.28. The Balaban J connectivity index is 0.000000204. The van der Waals surface area contributed by atoms with Crippen LogP contribution in [0, 0.1) is 0 Å². The normalized spacial score (nSPS) is 18.7. The summed E-state index contributed by atoms with van der Waals surface area (Å²) >= 11 is 0. The number of phosphoric acid groups is 1. The summed E-state index contributed by atoms with van der Waals surface area (Å²) in [5, 5.41) is 5.65. The molecule has 2 fully saturated rings. The van der Waals surface area contributed by atoms with E-state index in [-0.39, 0.29) is 30.8 Å². The highest BCUT2D eigenvalue weighted by atomic mass is 31.2. The van der Waals surface area contributed by atoms with Crippen LogP contribution in [0.5, 0.6) is 11.5 Å². The molecule has 0 aliphatic carbocycles. The van der Waals surface area contributed by atoms with Crippen molar-refractivity contribution >= 4 is 19.9 Å². The van der Waals surface area contributed by atoms with E-state index in [2.05, 4.69) is 15.3 Å². The van der Waals surface area contributed by atoms with Crippen molar-refractivity contribution in [2.75, 3.05) is 0 Å². The molecular formula is C31H36N5O7P. The Morgan fingerprint density at radius 2 is 1.48 bits per heavy atom. The highest BCUT2D eigenvalue weighted by Crippen LogP contribution is 2.50. The maximum atomic E-state index is 13.1. The number of phosphoric ester groups is 1. The van der Waals surface area contributed by atoms with Crippen molar-refractivity contribution in [3.63, 3.8) is 0 Å². The van der Waals surface area contributed by atoms with Crippen molar-refractivity contribution in [2.24, 2.45) is 5.11 Å². The number of rotatable bonds is 8. The molecular weight excluding hydrogens is 585 g/mol. The molecule has 0 saturated carbocycles. The van der Waals surface area contributed by atoms with Crippen LogP contribution < -0.4 is 14.4 Å². The van der Waals surface area contributed by atoms with Crippen LogP contribution >= 0.6 is 7.82 Å². The van der Waals surface area contributed by atoms with Crippen molar-refractivity contribution in [1.29, 1.82) is 0 Å². The quantitative estimate of drug-likeness (QED) is 0.116. The molecule has 0 radical (unpaired) electrons. The van der Waals surface area contributed by atoms with Crippen molar-refractivity contribution < 1.29 is 32.5 Å². The second-order valence-electron chi connectivity index (χ2n) is 11.2. The predicted octanol–water partition coefficient (Wildman–Crippen LogP) is 8.02. The van der Waals surface area contributed by atoms with E-state index in [1.807, 2.05) is 63.2 Å². The zero-order valence-corrected chi connectivity index (χ0v) is 25.7. The standard InChI is InChI=1S/C19H17O4P.C12H19N5O3/c20-24(22-18-12-6-2-7-13-18,23-19-14-8-3-9-15-19)21-16-17-10-4-1-5-11-17;1-12(2,3)20-11(19)17-7-4-5-9(17)8(6-7)14-10(18)15-16-13/h1-15H,16H2;7-9H,4-6H2,1-3H3,(H,14,18). The summed E-state index contributed by atoms with van der Waals surface area (Å²) in [6.45, 7) is 5.59. The molecule has 0 spiro atoms. The number of nitrogens with zero attached hydrogens (tertiary/aromatic N) is 4. The Kier molecular flexibility index (Phi) is 10.9. The Morgan fingerprint density at radius 1 is 0.932 bits per heavy atom. The average molecular weight is 622 g/mol. The number of azide groups is 1. The fourth-order valence-electron chi connectivity index (χ4n) is 4.99. The van der Waals surface area contributed by atoms with E-state index in [4.69, 9.17) is 23.8 Å². The minimum atomic E-state index is -3.83. The van der Waals surface area contributed by atoms with Gasteiger partial charge in [-0.2, -0.15) is 0 Å². The van der Waals surface area contributed by atoms with Gasteiger partial charge in [-0.3, -0.25) is 9.32 Å². The summed E-state index contributed by atoms with van der Waals surface area (Å²) in [6, 6.07) is 26.3. The molecule has 2 aliphatic rings. The van der Waals surface area contributed by atoms with Crippen LogP contribution in [-0.2, 0) is 20.4 Å². The van der Waals surface area contributed by atoms with Crippen LogP contribution in [0.1, 0.15) is 45.6 Å². The van der Waals surface area contributed by atoms with Crippen LogP contribution in [0.15, 0.2) is 96.1 Å². The number of nitrogens with one attached hydrogen (secondary N) is 1. The number of amides is 3. The zero-order valence-electron chi connectivity index (χ0n) is 24.8. The lowest BCUT2D eigenvalue weighted by atomic mass is 9.96. The van der Waals surface area contributed by atoms with E-state index in [9.17, 15) is 14.2 Å². The van der Waals surface area contributed by atoms with E-state index >= 15 is 0 Å². The maximum Gasteiger partial charge on any atom is 0.587 e. The van der Waals surface area contributed by atoms with Gasteiger partial charge in [0.2, 0.25) is 0 Å². The Morgan fingerprint density at radius 3 is 2.00 bits per heavy atom. The van der Waals surface area contributed by atoms with E-state index in [1.54, 1.807) is 53.4 Å². The van der Waals surface area contributed by atoms with Gasteiger partial charge in [0.15, 0.2) is 0 Å². The third kappa shape index (κ3) is 9.50. The van der Waals surface area contributed by atoms with E-state index in [0.29, 0.717) is 17.9 Å². The van der Waals surface area contributed by atoms with Crippen LogP contribution in [0.3, 0.4) is 0 Å². The highest BCUT2D eigenvalue weighted by Gasteiger charge is 2.50. The molecule has 44 heavy (non-hydrogen) atoms. The van der Waals surface area contributed by atoms with E-state index in [1.165, 1.54) is 0 Å². The van der Waals surface area contributed by atoms with Gasteiger partial charge in [-0.25, -0.2) is 9.36 Å². The molecule has 0 aromatic heterocycles. The lowest BCUT2D eigenvalue weighted by molar-refractivity contribution is 0.0210. The fourth-order valence-corrected chi connectivity index (χ4v) is 6.20. The van der Waals surface area contributed by atoms with Gasteiger partial charge >= 0.3 is 19.9 Å². The van der Waals surface area contributed by atoms with Crippen LogP contribution in [0.4, 0.5) is 9.59 Å². The van der Waals surface area contributed by atoms with Gasteiger partial charge in [0.05, 0.1) is 18.7 Å². The summed E-state index contributed by atoms with van der Waals surface area (Å²) in [7, 11) is -3.83. The number of fused-ring (bicyclic) bond motifs is 2. The largest absolute Gasteiger partial charge is 0.587 e. The molecule has 3 amide bonds. The van der Waals surface area contributed by atoms with Crippen LogP contribution in [-0.4, -0.2) is 40.8 Å². The lowest BCUT2D eigenvalue weighted by Crippen LogP contribution is -2.45. The van der Waals surface area contributed by atoms with Gasteiger partial charge in [-0.15, -0.1) is 0 Å². The number of ether oxygens (including phenoxy) is 1. The third-order valence-corrected chi connectivity index (χ3v) is 8.05. The van der Waals surface area contributed by atoms with Gasteiger partial charge in [0.1, 0.15) is 17.1 Å². The molecule has 2 saturated heterocycles. The van der Waals surface area contributed by atoms with Gasteiger partial charge in [0, 0.05) is 16.1 Å². The van der Waals surface area contributed by atoms with Crippen LogP contribution in [0.2, 0.25) is 0 Å². The summed E-state index contributed by atoms with van der Waals surface area (Å²) in [6.07, 6.45) is 2.07. The van der Waals surface area contributed by atoms with Crippen LogP contribution in [0.25, 0.3) is 10.4 Å². The third-order valence-electron chi connectivity index (χ3n) is 6.74. The zero-order chi connectivity index (χ0) is 31.6. The minimum absolute atomic E-state index is 0.0762. The van der Waals surface area contributed by atoms with Crippen molar-refractivity contribution in [3.05, 3.63) is 107 Å². The Labute approximate surface area is 256 Å². The van der Waals surface area contributed by atoms with Gasteiger partial charge in [0.25, 0.3) is 0 Å². The maximum absolute atomic E-state index is 13.1. The number of benzene rings is 3. The van der Waals surface area contributed by atoms with Gasteiger partial charge < -0.3 is 24.0 Å². The number of hydrogen-bond donors (Lipinski definition) is 1. The summed E-state index contributed by atoms with van der Waals surface area (Å²) in [5.74, 6) is 0.842. The molecule has 1 N–H and O–H groups in total. The smallest absolute Gasteiger partial charge is 0.444 e. The molecule has 232 valence electrons. The molecule has 2 aliphatic heterocycles. The SMILES string of the molecule is CC(C)(C)OC(=O)N1C2CCC1C(NC(=O)N=[N+]=[N-])C2.O=P(OCc1ccccc1)(Oc1ccccc1)Oc1ccccc1. The highest BCUT2D eigenvalue weighted by molar-refractivity contribution is 7.49. The molecule has 3 aromatic carbocycles. The van der Waals surface area contributed by atoms with Crippen molar-refractivity contribution in [2.45, 2.75) is 70.4 Å². The van der Waals surface area contributed by atoms with Crippen molar-refractivity contribution in [3.8, 4) is 11.5 Å². The van der Waals surface area contributed by atoms with Gasteiger partial charge in [-0.05, 0) is 75.4 Å². The predicted molar refractivity (Wildman–Crippen MR) is 164 cm³/mol. The van der Waals surface area contributed by atoms with E-state index < -0.39 is 19.5 Å². The number of urea groups is 1. The summed E-state index contributed by atoms with van der Waals surface area (Å²) in [4.78, 5) is 27.7. The molecule has 13 heteroatoms. The van der Waals surface area contributed by atoms with Gasteiger partial charge in [-0.1, -0.05) is 66.7 Å². The first-order chi connectivity index (χ1) is 21.0. The number of hydrogen-bond acceptors (Lipinski definition) is 7. The first-order valence-corrected chi connectivity index (χ1v) is 15.7. The second kappa shape index (κ2) is 14.8. The summed E-state index contributed by atoms with van der Waals surface area (Å²) in [5.41, 5.74) is 8.57. The monoisotopic (exact) mass is 621 g/mol. The number of carbonyl (C=O) groups excluding carboxylic acids is 2. The number of para-hydroxylation sites is 2. The molecule has 12 nitrogen and oxygen atoms in total. The fraction of sp³-hybridized carbons (Fsp3) is 0.355. The second-order valence-corrected chi connectivity index (χ2v) is 12.7.